The van der Waals surface area contributed by atoms with Crippen LogP contribution in [0.15, 0.2) is 102 Å². The zero-order valence-electron chi connectivity index (χ0n) is 20.4. The van der Waals surface area contributed by atoms with E-state index in [1.54, 1.807) is 0 Å². The summed E-state index contributed by atoms with van der Waals surface area (Å²) in [6.07, 6.45) is 12.0. The normalized spacial score (nSPS) is 19.9. The van der Waals surface area contributed by atoms with E-state index in [2.05, 4.69) is 54.0 Å². The van der Waals surface area contributed by atoms with Gasteiger partial charge in [-0.05, 0) is 51.3 Å². The second-order valence-electron chi connectivity index (χ2n) is 9.26. The fourth-order valence-corrected chi connectivity index (χ4v) is 5.51. The van der Waals surface area contributed by atoms with Crippen molar-refractivity contribution in [2.24, 2.45) is 0 Å². The van der Waals surface area contributed by atoms with Crippen LogP contribution in [0.4, 0.5) is 11.4 Å². The van der Waals surface area contributed by atoms with E-state index in [4.69, 9.17) is 4.74 Å². The number of allylic oxidation sites excluding steroid dienone is 8. The lowest BCUT2D eigenvalue weighted by Crippen LogP contribution is -2.31. The van der Waals surface area contributed by atoms with Crippen LogP contribution < -0.4 is 4.58 Å². The highest BCUT2D eigenvalue weighted by atomic mass is 32.2. The highest BCUT2D eigenvalue weighted by Crippen LogP contribution is 2.45. The van der Waals surface area contributed by atoms with Crippen LogP contribution in [0.5, 0.6) is 0 Å². The van der Waals surface area contributed by atoms with Gasteiger partial charge < -0.3 is 9.29 Å². The van der Waals surface area contributed by atoms with Gasteiger partial charge in [-0.3, -0.25) is 0 Å². The molecule has 0 aliphatic carbocycles. The van der Waals surface area contributed by atoms with Gasteiger partial charge in [-0.25, -0.2) is 8.42 Å². The van der Waals surface area contributed by atoms with Gasteiger partial charge in [0.15, 0.2) is 5.71 Å². The van der Waals surface area contributed by atoms with Gasteiger partial charge in [0.1, 0.15) is 11.5 Å². The molecule has 2 aromatic carbocycles. The molecule has 2 aliphatic rings. The molecule has 6 heteroatoms. The molecular weight excluding hydrogens is 458 g/mol. The number of nitrogens with zero attached hydrogens (tertiary/aromatic N) is 1. The summed E-state index contributed by atoms with van der Waals surface area (Å²) in [6, 6.07) is 18.6. The van der Waals surface area contributed by atoms with E-state index in [9.17, 15) is 13.0 Å². The van der Waals surface area contributed by atoms with Crippen LogP contribution in [-0.2, 0) is 20.3 Å². The first-order chi connectivity index (χ1) is 16.7. The van der Waals surface area contributed by atoms with Crippen molar-refractivity contribution in [3.63, 3.8) is 0 Å². The zero-order chi connectivity index (χ0) is 25.1. The van der Waals surface area contributed by atoms with Crippen molar-refractivity contribution < 1.29 is 17.7 Å². The van der Waals surface area contributed by atoms with Crippen molar-refractivity contribution in [3.8, 4) is 0 Å². The lowest BCUT2D eigenvalue weighted by atomic mass is 9.75. The van der Waals surface area contributed by atoms with Gasteiger partial charge in [-0.15, -0.1) is 0 Å². The fraction of sp³-hybridized carbons (Fsp3) is 0.276. The molecule has 182 valence electrons. The predicted molar refractivity (Wildman–Crippen MR) is 141 cm³/mol. The van der Waals surface area contributed by atoms with Crippen molar-refractivity contribution in [1.29, 1.82) is 0 Å². The standard InChI is InChI=1S/C29H31NO4S/c1-22-20-24(21-23(2)34-22)12-11-17-28-29(3,18-9-10-19-35(31,32)33)26-15-7-8-16-27(26)30(28)25-13-5-4-6-14-25/h4-8,11-17,20-21H,9-10,18-19H2,1-3H3/b17-11+. The summed E-state index contributed by atoms with van der Waals surface area (Å²) < 4.78 is 41.3. The number of fused-ring (bicyclic) bond motifs is 1. The van der Waals surface area contributed by atoms with Gasteiger partial charge in [0, 0.05) is 35.6 Å². The lowest BCUT2D eigenvalue weighted by Gasteiger charge is -2.22. The number of hydrogen-bond donors (Lipinski definition) is 0. The molecule has 0 fully saturated rings. The first-order valence-electron chi connectivity index (χ1n) is 11.9. The van der Waals surface area contributed by atoms with Gasteiger partial charge in [0.05, 0.1) is 15.5 Å². The largest absolute Gasteiger partial charge is 0.748 e. The Kier molecular flexibility index (Phi) is 7.24. The molecule has 0 radical (unpaired) electrons. The third-order valence-electron chi connectivity index (χ3n) is 6.49. The molecule has 2 heterocycles. The summed E-state index contributed by atoms with van der Waals surface area (Å²) in [7, 11) is -4.21. The molecule has 0 spiro atoms. The molecule has 0 amide bonds. The van der Waals surface area contributed by atoms with E-state index in [1.807, 2.05) is 56.3 Å². The van der Waals surface area contributed by atoms with E-state index in [0.717, 1.165) is 40.6 Å². The Morgan fingerprint density at radius 1 is 0.971 bits per heavy atom. The number of benzene rings is 2. The Morgan fingerprint density at radius 3 is 2.31 bits per heavy atom. The molecule has 0 saturated carbocycles. The Hall–Kier alpha value is -3.22. The van der Waals surface area contributed by atoms with Crippen molar-refractivity contribution in [2.45, 2.75) is 45.4 Å². The van der Waals surface area contributed by atoms with Crippen LogP contribution in [0, 0.1) is 0 Å². The Balaban J connectivity index is 1.77. The van der Waals surface area contributed by atoms with Crippen molar-refractivity contribution in [1.82, 2.24) is 4.58 Å². The first kappa shape index (κ1) is 24.9. The van der Waals surface area contributed by atoms with Gasteiger partial charge in [0.25, 0.3) is 0 Å². The van der Waals surface area contributed by atoms with E-state index in [-0.39, 0.29) is 11.2 Å². The zero-order valence-corrected chi connectivity index (χ0v) is 21.2. The third kappa shape index (κ3) is 5.72. The van der Waals surface area contributed by atoms with Crippen LogP contribution in [0.2, 0.25) is 0 Å². The number of para-hydroxylation sites is 2. The summed E-state index contributed by atoms with van der Waals surface area (Å²) >= 11 is 0. The average Bonchev–Trinajstić information content (AvgIpc) is 3.05. The highest BCUT2D eigenvalue weighted by molar-refractivity contribution is 7.85. The van der Waals surface area contributed by atoms with Crippen LogP contribution in [0.3, 0.4) is 0 Å². The van der Waals surface area contributed by atoms with Crippen LogP contribution in [0.25, 0.3) is 0 Å². The molecule has 0 saturated heterocycles. The Morgan fingerprint density at radius 2 is 1.63 bits per heavy atom. The summed E-state index contributed by atoms with van der Waals surface area (Å²) in [5.74, 6) is 1.38. The maximum atomic E-state index is 11.1. The lowest BCUT2D eigenvalue weighted by molar-refractivity contribution is 0.304. The number of ether oxygens (including phenoxy) is 1. The second kappa shape index (κ2) is 10.2. The summed E-state index contributed by atoms with van der Waals surface area (Å²) in [6.45, 7) is 6.08. The fourth-order valence-electron chi connectivity index (χ4n) is 4.95. The summed E-state index contributed by atoms with van der Waals surface area (Å²) in [4.78, 5) is 0. The van der Waals surface area contributed by atoms with Gasteiger partial charge >= 0.3 is 0 Å². The SMILES string of the molecule is CC1=CC(=C/C=C/C2=[N+](c3ccccc3)c3ccccc3C2(C)CCCCS(=O)(=O)[O-])C=C(C)O1. The minimum absolute atomic E-state index is 0.330. The van der Waals surface area contributed by atoms with Crippen molar-refractivity contribution in [2.75, 3.05) is 5.75 Å². The number of hydrogen-bond acceptors (Lipinski definition) is 4. The minimum Gasteiger partial charge on any atom is -0.748 e. The van der Waals surface area contributed by atoms with Gasteiger partial charge in [-0.2, -0.15) is 4.58 Å². The molecule has 5 nitrogen and oxygen atoms in total. The summed E-state index contributed by atoms with van der Waals surface area (Å²) in [5, 5.41) is 0. The number of unbranched alkanes of at least 4 members (excludes halogenated alkanes) is 1. The highest BCUT2D eigenvalue weighted by Gasteiger charge is 2.47. The first-order valence-corrected chi connectivity index (χ1v) is 13.4. The predicted octanol–water partition coefficient (Wildman–Crippen LogP) is 6.27. The maximum absolute atomic E-state index is 11.1. The topological polar surface area (TPSA) is 69.4 Å². The Labute approximate surface area is 208 Å². The maximum Gasteiger partial charge on any atom is 0.215 e. The smallest absolute Gasteiger partial charge is 0.215 e. The van der Waals surface area contributed by atoms with Gasteiger partial charge in [0.2, 0.25) is 11.4 Å². The molecule has 0 aromatic heterocycles. The second-order valence-corrected chi connectivity index (χ2v) is 10.8. The van der Waals surface area contributed by atoms with Crippen molar-refractivity contribution in [3.05, 3.63) is 108 Å². The Bertz CT molecular complexity index is 1340. The van der Waals surface area contributed by atoms with E-state index >= 15 is 0 Å². The molecule has 1 unspecified atom stereocenters. The van der Waals surface area contributed by atoms with Crippen LogP contribution in [-0.4, -0.2) is 24.4 Å². The molecular formula is C29H31NO4S. The number of rotatable bonds is 8. The minimum atomic E-state index is -4.21. The van der Waals surface area contributed by atoms with E-state index in [1.165, 1.54) is 5.56 Å². The molecule has 2 aliphatic heterocycles. The molecule has 35 heavy (non-hydrogen) atoms. The van der Waals surface area contributed by atoms with Gasteiger partial charge in [-0.1, -0.05) is 55.0 Å². The molecule has 0 bridgehead atoms. The monoisotopic (exact) mass is 489 g/mol. The third-order valence-corrected chi connectivity index (χ3v) is 7.27. The molecule has 1 atom stereocenters. The van der Waals surface area contributed by atoms with E-state index in [0.29, 0.717) is 12.8 Å². The van der Waals surface area contributed by atoms with Crippen LogP contribution >= 0.6 is 0 Å². The molecule has 2 aromatic rings. The average molecular weight is 490 g/mol. The quantitative estimate of drug-likeness (QED) is 0.249. The molecule has 0 N–H and O–H groups in total. The van der Waals surface area contributed by atoms with Crippen molar-refractivity contribution >= 4 is 27.2 Å². The van der Waals surface area contributed by atoms with Crippen LogP contribution in [0.1, 0.15) is 45.6 Å². The summed E-state index contributed by atoms with van der Waals surface area (Å²) in [5.41, 5.74) is 5.20. The molecule has 4 rings (SSSR count). The van der Waals surface area contributed by atoms with E-state index < -0.39 is 10.1 Å².